The van der Waals surface area contributed by atoms with E-state index in [-0.39, 0.29) is 11.3 Å². The Morgan fingerprint density at radius 3 is 2.95 bits per heavy atom. The maximum atomic E-state index is 12.3. The van der Waals surface area contributed by atoms with Crippen molar-refractivity contribution >= 4 is 27.8 Å². The van der Waals surface area contributed by atoms with E-state index in [4.69, 9.17) is 9.84 Å². The Bertz CT molecular complexity index is 629. The molecule has 0 aliphatic carbocycles. The maximum absolute atomic E-state index is 12.3. The average Bonchev–Trinajstić information content (AvgIpc) is 2.90. The van der Waals surface area contributed by atoms with Gasteiger partial charge in [0.15, 0.2) is 0 Å². The third-order valence-corrected chi connectivity index (χ3v) is 5.29. The molecule has 0 bridgehead atoms. The summed E-state index contributed by atoms with van der Waals surface area (Å²) >= 11 is 1.47. The number of ether oxygens (including phenoxy) is 1. The van der Waals surface area contributed by atoms with Crippen LogP contribution in [0.4, 0.5) is 0 Å². The largest absolute Gasteiger partial charge is 0.493 e. The van der Waals surface area contributed by atoms with Gasteiger partial charge in [-0.1, -0.05) is 0 Å². The van der Waals surface area contributed by atoms with Crippen LogP contribution in [-0.2, 0) is 21.2 Å². The highest BCUT2D eigenvalue weighted by Crippen LogP contribution is 2.27. The second kappa shape index (κ2) is 6.67. The van der Waals surface area contributed by atoms with E-state index in [1.54, 1.807) is 6.07 Å². The van der Waals surface area contributed by atoms with Gasteiger partial charge in [-0.2, -0.15) is 16.5 Å². The summed E-state index contributed by atoms with van der Waals surface area (Å²) < 4.78 is 32.2. The van der Waals surface area contributed by atoms with Crippen molar-refractivity contribution in [1.29, 1.82) is 0 Å². The van der Waals surface area contributed by atoms with Crippen LogP contribution in [0.1, 0.15) is 12.0 Å². The van der Waals surface area contributed by atoms with Crippen molar-refractivity contribution in [2.75, 3.05) is 18.6 Å². The molecule has 8 heteroatoms. The normalized spacial score (nSPS) is 15.3. The molecule has 1 heterocycles. The summed E-state index contributed by atoms with van der Waals surface area (Å²) in [5.74, 6) is 0.0839. The van der Waals surface area contributed by atoms with Crippen LogP contribution in [0, 0.1) is 0 Å². The first kappa shape index (κ1) is 16.1. The minimum absolute atomic E-state index is 0.0714. The second-order valence-corrected chi connectivity index (χ2v) is 7.36. The molecule has 6 nitrogen and oxygen atoms in total. The summed E-state index contributed by atoms with van der Waals surface area (Å²) in [5, 5.41) is 9.11. The number of carboxylic acid groups (broad SMARTS) is 1. The molecule has 1 atom stereocenters. The van der Waals surface area contributed by atoms with Gasteiger partial charge in [-0.05, 0) is 42.2 Å². The van der Waals surface area contributed by atoms with Crippen LogP contribution in [0.25, 0.3) is 0 Å². The number of fused-ring (bicyclic) bond motifs is 1. The Balaban J connectivity index is 2.18. The molecule has 0 saturated carbocycles. The molecule has 0 aromatic heterocycles. The summed E-state index contributed by atoms with van der Waals surface area (Å²) in [5.41, 5.74) is 0.828. The minimum atomic E-state index is -3.85. The van der Waals surface area contributed by atoms with Gasteiger partial charge in [-0.3, -0.25) is 4.79 Å². The Hall–Kier alpha value is -1.25. The zero-order valence-electron chi connectivity index (χ0n) is 11.5. The molecule has 0 fully saturated rings. The number of rotatable bonds is 7. The van der Waals surface area contributed by atoms with Crippen molar-refractivity contribution in [3.8, 4) is 5.75 Å². The van der Waals surface area contributed by atoms with Gasteiger partial charge >= 0.3 is 5.97 Å². The molecule has 0 spiro atoms. The van der Waals surface area contributed by atoms with Crippen molar-refractivity contribution in [1.82, 2.24) is 4.72 Å². The van der Waals surface area contributed by atoms with Crippen LogP contribution in [0.3, 0.4) is 0 Å². The second-order valence-electron chi connectivity index (χ2n) is 4.66. The number of nitrogens with one attached hydrogen (secondary N) is 1. The Morgan fingerprint density at radius 2 is 2.29 bits per heavy atom. The summed E-state index contributed by atoms with van der Waals surface area (Å²) in [6.45, 7) is 0.539. The van der Waals surface area contributed by atoms with Crippen molar-refractivity contribution in [3.05, 3.63) is 23.8 Å². The van der Waals surface area contributed by atoms with Crippen molar-refractivity contribution in [2.45, 2.75) is 23.8 Å². The summed E-state index contributed by atoms with van der Waals surface area (Å²) in [6.07, 6.45) is 2.74. The molecule has 21 heavy (non-hydrogen) atoms. The number of hydrogen-bond donors (Lipinski definition) is 2. The lowest BCUT2D eigenvalue weighted by Gasteiger charge is -2.14. The lowest BCUT2D eigenvalue weighted by Crippen LogP contribution is -2.41. The van der Waals surface area contributed by atoms with Crippen LogP contribution < -0.4 is 9.46 Å². The number of benzene rings is 1. The molecule has 1 aliphatic heterocycles. The van der Waals surface area contributed by atoms with Gasteiger partial charge in [0, 0.05) is 6.42 Å². The highest BCUT2D eigenvalue weighted by molar-refractivity contribution is 7.98. The van der Waals surface area contributed by atoms with Crippen LogP contribution in [-0.4, -0.2) is 44.2 Å². The fraction of sp³-hybridized carbons (Fsp3) is 0.462. The molecule has 0 saturated heterocycles. The summed E-state index contributed by atoms with van der Waals surface area (Å²) in [4.78, 5) is 11.2. The SMILES string of the molecule is CSCCC(NS(=O)(=O)c1ccc2c(c1)CCO2)C(=O)O. The predicted molar refractivity (Wildman–Crippen MR) is 80.4 cm³/mol. The maximum Gasteiger partial charge on any atom is 0.321 e. The smallest absolute Gasteiger partial charge is 0.321 e. The quantitative estimate of drug-likeness (QED) is 0.777. The lowest BCUT2D eigenvalue weighted by atomic mass is 10.2. The molecular weight excluding hydrogens is 314 g/mol. The third-order valence-electron chi connectivity index (χ3n) is 3.18. The Labute approximate surface area is 127 Å². The molecule has 0 amide bonds. The molecule has 2 N–H and O–H groups in total. The fourth-order valence-electron chi connectivity index (χ4n) is 2.05. The van der Waals surface area contributed by atoms with E-state index in [0.717, 1.165) is 5.56 Å². The highest BCUT2D eigenvalue weighted by Gasteiger charge is 2.26. The zero-order chi connectivity index (χ0) is 15.5. The van der Waals surface area contributed by atoms with Crippen molar-refractivity contribution in [2.24, 2.45) is 0 Å². The third kappa shape index (κ3) is 3.90. The molecule has 2 rings (SSSR count). The van der Waals surface area contributed by atoms with Gasteiger partial charge < -0.3 is 9.84 Å². The molecule has 116 valence electrons. The van der Waals surface area contributed by atoms with Gasteiger partial charge in [0.25, 0.3) is 0 Å². The van der Waals surface area contributed by atoms with E-state index in [2.05, 4.69) is 4.72 Å². The number of sulfonamides is 1. The number of carboxylic acids is 1. The fourth-order valence-corrected chi connectivity index (χ4v) is 3.80. The van der Waals surface area contributed by atoms with Crippen molar-refractivity contribution < 1.29 is 23.1 Å². The van der Waals surface area contributed by atoms with E-state index in [1.165, 1.54) is 23.9 Å². The average molecular weight is 331 g/mol. The van der Waals surface area contributed by atoms with Crippen LogP contribution in [0.15, 0.2) is 23.1 Å². The molecule has 0 radical (unpaired) electrons. The number of aliphatic carboxylic acids is 1. The van der Waals surface area contributed by atoms with E-state index in [9.17, 15) is 13.2 Å². The summed E-state index contributed by atoms with van der Waals surface area (Å²) in [7, 11) is -3.85. The van der Waals surface area contributed by atoms with Crippen LogP contribution in [0.5, 0.6) is 5.75 Å². The lowest BCUT2D eigenvalue weighted by molar-refractivity contribution is -0.139. The van der Waals surface area contributed by atoms with Gasteiger partial charge in [-0.25, -0.2) is 8.42 Å². The van der Waals surface area contributed by atoms with Crippen molar-refractivity contribution in [3.63, 3.8) is 0 Å². The number of carbonyl (C=O) groups is 1. The molecular formula is C13H17NO5S2. The summed E-state index contributed by atoms with van der Waals surface area (Å²) in [6, 6.07) is 3.46. The minimum Gasteiger partial charge on any atom is -0.493 e. The molecule has 1 aliphatic rings. The monoisotopic (exact) mass is 331 g/mol. The van der Waals surface area contributed by atoms with Gasteiger partial charge in [0.1, 0.15) is 11.8 Å². The Kier molecular flexibility index (Phi) is 5.13. The first-order valence-electron chi connectivity index (χ1n) is 6.44. The topological polar surface area (TPSA) is 92.7 Å². The van der Waals surface area contributed by atoms with Gasteiger partial charge in [0.2, 0.25) is 10.0 Å². The van der Waals surface area contributed by atoms with Crippen LogP contribution >= 0.6 is 11.8 Å². The van der Waals surface area contributed by atoms with E-state index >= 15 is 0 Å². The first-order valence-corrected chi connectivity index (χ1v) is 9.31. The number of hydrogen-bond acceptors (Lipinski definition) is 5. The molecule has 1 aromatic rings. The van der Waals surface area contributed by atoms with Gasteiger partial charge in [0.05, 0.1) is 11.5 Å². The first-order chi connectivity index (χ1) is 9.94. The van der Waals surface area contributed by atoms with E-state index < -0.39 is 22.0 Å². The number of thioether (sulfide) groups is 1. The van der Waals surface area contributed by atoms with E-state index in [1.807, 2.05) is 6.26 Å². The van der Waals surface area contributed by atoms with E-state index in [0.29, 0.717) is 24.5 Å². The highest BCUT2D eigenvalue weighted by atomic mass is 32.2. The van der Waals surface area contributed by atoms with Crippen LogP contribution in [0.2, 0.25) is 0 Å². The standard InChI is InChI=1S/C13H17NO5S2/c1-20-7-5-11(13(15)16)14-21(17,18)10-2-3-12-9(8-10)4-6-19-12/h2-3,8,11,14H,4-7H2,1H3,(H,15,16). The predicted octanol–water partition coefficient (Wildman–Crippen LogP) is 1.11. The molecule has 1 aromatic carbocycles. The Morgan fingerprint density at radius 1 is 1.52 bits per heavy atom. The van der Waals surface area contributed by atoms with Gasteiger partial charge in [-0.15, -0.1) is 0 Å². The molecule has 1 unspecified atom stereocenters. The zero-order valence-corrected chi connectivity index (χ0v) is 13.2.